The maximum atomic E-state index is 6.48. The first-order valence-electron chi connectivity index (χ1n) is 15.5. The average molecular weight is 589 g/mol. The lowest BCUT2D eigenvalue weighted by atomic mass is 9.93. The minimum Gasteiger partial charge on any atom is -0.452 e. The zero-order valence-corrected chi connectivity index (χ0v) is 25.0. The third kappa shape index (κ3) is 4.33. The zero-order chi connectivity index (χ0) is 30.5. The Balaban J connectivity index is 1.21. The second kappa shape index (κ2) is 10.8. The van der Waals surface area contributed by atoms with Gasteiger partial charge in [0.1, 0.15) is 5.52 Å². The maximum Gasteiger partial charge on any atom is 0.161 e. The SMILES string of the molecule is c1ccc(-c2ccc(N(c3ccc(-c4cc5ccccc5c5ccccc45)cc3)c3cccc4c3oc3cccnc34)cc2)cc1. The summed E-state index contributed by atoms with van der Waals surface area (Å²) in [5.41, 5.74) is 10.3. The van der Waals surface area contributed by atoms with E-state index in [9.17, 15) is 0 Å². The van der Waals surface area contributed by atoms with E-state index in [2.05, 4.69) is 155 Å². The van der Waals surface area contributed by atoms with E-state index < -0.39 is 0 Å². The topological polar surface area (TPSA) is 29.3 Å². The molecule has 3 nitrogen and oxygen atoms in total. The van der Waals surface area contributed by atoms with Gasteiger partial charge in [0.05, 0.1) is 5.69 Å². The summed E-state index contributed by atoms with van der Waals surface area (Å²) < 4.78 is 6.48. The van der Waals surface area contributed by atoms with E-state index in [4.69, 9.17) is 4.42 Å². The van der Waals surface area contributed by atoms with Crippen LogP contribution in [0.2, 0.25) is 0 Å². The molecule has 2 aromatic heterocycles. The lowest BCUT2D eigenvalue weighted by Crippen LogP contribution is -2.10. The van der Waals surface area contributed by atoms with Gasteiger partial charge in [0, 0.05) is 23.0 Å². The summed E-state index contributed by atoms with van der Waals surface area (Å²) in [4.78, 5) is 6.92. The smallest absolute Gasteiger partial charge is 0.161 e. The van der Waals surface area contributed by atoms with Crippen molar-refractivity contribution in [3.05, 3.63) is 170 Å². The predicted molar refractivity (Wildman–Crippen MR) is 192 cm³/mol. The molecule has 0 fully saturated rings. The highest BCUT2D eigenvalue weighted by Gasteiger charge is 2.20. The van der Waals surface area contributed by atoms with Gasteiger partial charge in [-0.2, -0.15) is 0 Å². The Morgan fingerprint density at radius 3 is 1.87 bits per heavy atom. The molecule has 0 unspecified atom stereocenters. The molecule has 9 aromatic rings. The van der Waals surface area contributed by atoms with E-state index >= 15 is 0 Å². The Bertz CT molecular complexity index is 2510. The van der Waals surface area contributed by atoms with Gasteiger partial charge in [-0.15, -0.1) is 0 Å². The van der Waals surface area contributed by atoms with E-state index in [1.807, 2.05) is 24.4 Å². The minimum atomic E-state index is 0.780. The molecular formula is C43H28N2O. The fourth-order valence-electron chi connectivity index (χ4n) is 6.72. The van der Waals surface area contributed by atoms with Crippen molar-refractivity contribution in [2.45, 2.75) is 0 Å². The average Bonchev–Trinajstić information content (AvgIpc) is 3.52. The lowest BCUT2D eigenvalue weighted by Gasteiger charge is -2.26. The van der Waals surface area contributed by atoms with Gasteiger partial charge in [-0.05, 0) is 98.4 Å². The van der Waals surface area contributed by atoms with Crippen molar-refractivity contribution in [3.63, 3.8) is 0 Å². The van der Waals surface area contributed by atoms with Crippen LogP contribution in [0.25, 0.3) is 65.9 Å². The van der Waals surface area contributed by atoms with Crippen molar-refractivity contribution in [3.8, 4) is 22.3 Å². The van der Waals surface area contributed by atoms with E-state index in [1.54, 1.807) is 0 Å². The van der Waals surface area contributed by atoms with Gasteiger partial charge in [0.25, 0.3) is 0 Å². The van der Waals surface area contributed by atoms with Crippen LogP contribution in [0.15, 0.2) is 174 Å². The molecule has 0 N–H and O–H groups in total. The van der Waals surface area contributed by atoms with Crippen LogP contribution in [0.4, 0.5) is 17.1 Å². The summed E-state index contributed by atoms with van der Waals surface area (Å²) >= 11 is 0. The van der Waals surface area contributed by atoms with E-state index in [-0.39, 0.29) is 0 Å². The number of anilines is 3. The Morgan fingerprint density at radius 1 is 0.457 bits per heavy atom. The third-order valence-corrected chi connectivity index (χ3v) is 8.91. The molecule has 0 aliphatic rings. The standard InChI is InChI=1S/C43H28N2O/c1-2-10-29(11-3-1)30-19-23-33(24-20-30)45(40-17-8-16-38-42-41(46-43(38)40)18-9-27-44-42)34-25-21-31(22-26-34)39-28-32-12-4-5-13-35(32)36-14-6-7-15-37(36)39/h1-28H. The number of aromatic nitrogens is 1. The second-order valence-corrected chi connectivity index (χ2v) is 11.6. The molecule has 0 aliphatic heterocycles. The molecule has 7 aromatic carbocycles. The highest BCUT2D eigenvalue weighted by atomic mass is 16.3. The summed E-state index contributed by atoms with van der Waals surface area (Å²) in [5, 5.41) is 6.03. The molecule has 0 saturated heterocycles. The summed E-state index contributed by atoms with van der Waals surface area (Å²) in [7, 11) is 0. The van der Waals surface area contributed by atoms with Crippen LogP contribution >= 0.6 is 0 Å². The Morgan fingerprint density at radius 2 is 1.09 bits per heavy atom. The number of benzene rings is 7. The molecule has 0 radical (unpaired) electrons. The number of hydrogen-bond donors (Lipinski definition) is 0. The number of para-hydroxylation sites is 1. The molecule has 46 heavy (non-hydrogen) atoms. The van der Waals surface area contributed by atoms with E-state index in [1.165, 1.54) is 43.8 Å². The van der Waals surface area contributed by atoms with E-state index in [0.717, 1.165) is 39.1 Å². The summed E-state index contributed by atoms with van der Waals surface area (Å²) in [5.74, 6) is 0. The Kier molecular flexibility index (Phi) is 6.14. The number of pyridine rings is 1. The second-order valence-electron chi connectivity index (χ2n) is 11.6. The molecule has 0 bridgehead atoms. The summed E-state index contributed by atoms with van der Waals surface area (Å²) in [6.07, 6.45) is 1.82. The van der Waals surface area contributed by atoms with Crippen molar-refractivity contribution in [1.82, 2.24) is 4.98 Å². The van der Waals surface area contributed by atoms with Crippen molar-refractivity contribution in [2.75, 3.05) is 4.90 Å². The Hall–Kier alpha value is -6.19. The largest absolute Gasteiger partial charge is 0.452 e. The number of rotatable bonds is 5. The molecule has 3 heteroatoms. The fourth-order valence-corrected chi connectivity index (χ4v) is 6.72. The zero-order valence-electron chi connectivity index (χ0n) is 25.0. The number of furan rings is 1. The van der Waals surface area contributed by atoms with Gasteiger partial charge in [0.2, 0.25) is 0 Å². The third-order valence-electron chi connectivity index (χ3n) is 8.91. The van der Waals surface area contributed by atoms with Crippen LogP contribution in [-0.2, 0) is 0 Å². The maximum absolute atomic E-state index is 6.48. The first-order valence-corrected chi connectivity index (χ1v) is 15.5. The molecule has 0 saturated carbocycles. The summed E-state index contributed by atoms with van der Waals surface area (Å²) in [6, 6.07) is 58.0. The first kappa shape index (κ1) is 26.2. The van der Waals surface area contributed by atoms with Crippen LogP contribution in [0.3, 0.4) is 0 Å². The van der Waals surface area contributed by atoms with Crippen LogP contribution in [0, 0.1) is 0 Å². The molecule has 9 rings (SSSR count). The summed E-state index contributed by atoms with van der Waals surface area (Å²) in [6.45, 7) is 0. The molecule has 0 spiro atoms. The number of hydrogen-bond acceptors (Lipinski definition) is 3. The van der Waals surface area contributed by atoms with Gasteiger partial charge in [0.15, 0.2) is 11.2 Å². The van der Waals surface area contributed by atoms with Gasteiger partial charge in [-0.3, -0.25) is 4.98 Å². The van der Waals surface area contributed by atoms with Crippen LogP contribution in [0.5, 0.6) is 0 Å². The van der Waals surface area contributed by atoms with Crippen LogP contribution < -0.4 is 4.90 Å². The Labute approximate surface area is 266 Å². The monoisotopic (exact) mass is 588 g/mol. The van der Waals surface area contributed by atoms with Gasteiger partial charge >= 0.3 is 0 Å². The van der Waals surface area contributed by atoms with Crippen LogP contribution in [-0.4, -0.2) is 4.98 Å². The highest BCUT2D eigenvalue weighted by Crippen LogP contribution is 2.43. The minimum absolute atomic E-state index is 0.780. The highest BCUT2D eigenvalue weighted by molar-refractivity contribution is 6.14. The molecule has 2 heterocycles. The molecular weight excluding hydrogens is 560 g/mol. The van der Waals surface area contributed by atoms with Gasteiger partial charge < -0.3 is 9.32 Å². The number of nitrogens with zero attached hydrogens (tertiary/aromatic N) is 2. The number of fused-ring (bicyclic) bond motifs is 6. The van der Waals surface area contributed by atoms with Crippen LogP contribution in [0.1, 0.15) is 0 Å². The van der Waals surface area contributed by atoms with Crippen molar-refractivity contribution in [1.29, 1.82) is 0 Å². The van der Waals surface area contributed by atoms with Crippen molar-refractivity contribution < 1.29 is 4.42 Å². The molecule has 216 valence electrons. The first-order chi connectivity index (χ1) is 22.8. The normalized spacial score (nSPS) is 11.5. The predicted octanol–water partition coefficient (Wildman–Crippen LogP) is 12.1. The van der Waals surface area contributed by atoms with Gasteiger partial charge in [-0.1, -0.05) is 109 Å². The van der Waals surface area contributed by atoms with Crippen molar-refractivity contribution >= 4 is 60.7 Å². The lowest BCUT2D eigenvalue weighted by molar-refractivity contribution is 0.668. The molecule has 0 aliphatic carbocycles. The quantitative estimate of drug-likeness (QED) is 0.187. The van der Waals surface area contributed by atoms with Crippen molar-refractivity contribution in [2.24, 2.45) is 0 Å². The fraction of sp³-hybridized carbons (Fsp3) is 0. The van der Waals surface area contributed by atoms with E-state index in [0.29, 0.717) is 0 Å². The molecule has 0 amide bonds. The molecule has 0 atom stereocenters. The van der Waals surface area contributed by atoms with Gasteiger partial charge in [-0.25, -0.2) is 0 Å².